The first-order valence-corrected chi connectivity index (χ1v) is 10.8. The monoisotopic (exact) mass is 540 g/mol. The van der Waals surface area contributed by atoms with Gasteiger partial charge in [0.2, 0.25) is 0 Å². The Kier molecular flexibility index (Phi) is 7.88. The molecule has 0 aliphatic heterocycles. The van der Waals surface area contributed by atoms with Crippen molar-refractivity contribution in [2.24, 2.45) is 0 Å². The minimum absolute atomic E-state index is 0.0265. The molecule has 1 amide bonds. The van der Waals surface area contributed by atoms with E-state index in [0.717, 1.165) is 10.0 Å². The number of rotatable bonds is 7. The van der Waals surface area contributed by atoms with Gasteiger partial charge in [0.25, 0.3) is 5.91 Å². The van der Waals surface area contributed by atoms with Gasteiger partial charge in [-0.15, -0.1) is 0 Å². The van der Waals surface area contributed by atoms with Crippen LogP contribution in [0.2, 0.25) is 0 Å². The molecule has 156 valence electrons. The number of carbonyl (C=O) groups is 1. The van der Waals surface area contributed by atoms with E-state index in [4.69, 9.17) is 9.47 Å². The lowest BCUT2D eigenvalue weighted by atomic mass is 10.1. The average Bonchev–Trinajstić information content (AvgIpc) is 2.78. The highest BCUT2D eigenvalue weighted by Crippen LogP contribution is 2.38. The van der Waals surface area contributed by atoms with Crippen LogP contribution in [0.3, 0.4) is 0 Å². The molecule has 0 unspecified atom stereocenters. The number of nitrogens with one attached hydrogen (secondary N) is 1. The van der Waals surface area contributed by atoms with Gasteiger partial charge in [-0.1, -0.05) is 46.3 Å². The van der Waals surface area contributed by atoms with Crippen LogP contribution in [0.15, 0.2) is 81.2 Å². The quantitative estimate of drug-likeness (QED) is 0.279. The van der Waals surface area contributed by atoms with Crippen LogP contribution in [-0.4, -0.2) is 13.0 Å². The molecular formula is C24H18Br2N2O3. The molecule has 0 bridgehead atoms. The first-order chi connectivity index (χ1) is 15.0. The van der Waals surface area contributed by atoms with Crippen molar-refractivity contribution >= 4 is 49.5 Å². The Morgan fingerprint density at radius 2 is 1.81 bits per heavy atom. The van der Waals surface area contributed by atoms with Crippen molar-refractivity contribution in [3.63, 3.8) is 0 Å². The van der Waals surface area contributed by atoms with Crippen molar-refractivity contribution < 1.29 is 14.3 Å². The maximum atomic E-state index is 12.5. The Bertz CT molecular complexity index is 1140. The second kappa shape index (κ2) is 10.8. The van der Waals surface area contributed by atoms with Crippen LogP contribution >= 0.6 is 31.9 Å². The van der Waals surface area contributed by atoms with Crippen molar-refractivity contribution in [1.29, 1.82) is 5.26 Å². The van der Waals surface area contributed by atoms with Gasteiger partial charge in [-0.3, -0.25) is 4.79 Å². The van der Waals surface area contributed by atoms with Crippen molar-refractivity contribution in [2.45, 2.75) is 6.61 Å². The zero-order chi connectivity index (χ0) is 22.2. The molecule has 0 radical (unpaired) electrons. The second-order valence-electron chi connectivity index (χ2n) is 6.44. The molecule has 0 spiro atoms. The zero-order valence-electron chi connectivity index (χ0n) is 16.6. The number of nitrogens with zero attached hydrogens (tertiary/aromatic N) is 1. The molecule has 7 heteroatoms. The zero-order valence-corrected chi connectivity index (χ0v) is 19.7. The summed E-state index contributed by atoms with van der Waals surface area (Å²) in [6, 6.07) is 22.2. The lowest BCUT2D eigenvalue weighted by molar-refractivity contribution is -0.112. The van der Waals surface area contributed by atoms with E-state index < -0.39 is 5.91 Å². The van der Waals surface area contributed by atoms with Crippen LogP contribution in [0.5, 0.6) is 11.5 Å². The third-order valence-corrected chi connectivity index (χ3v) is 5.37. The number of para-hydroxylation sites is 1. The fraction of sp³-hybridized carbons (Fsp3) is 0.0833. The number of nitriles is 1. The third kappa shape index (κ3) is 6.20. The smallest absolute Gasteiger partial charge is 0.266 e. The average molecular weight is 542 g/mol. The molecular weight excluding hydrogens is 524 g/mol. The van der Waals surface area contributed by atoms with Crippen LogP contribution in [0.1, 0.15) is 11.1 Å². The van der Waals surface area contributed by atoms with Crippen molar-refractivity contribution in [2.75, 3.05) is 12.4 Å². The number of methoxy groups -OCH3 is 1. The minimum atomic E-state index is -0.487. The van der Waals surface area contributed by atoms with Crippen LogP contribution in [0.4, 0.5) is 5.69 Å². The first kappa shape index (κ1) is 22.6. The molecule has 0 heterocycles. The fourth-order valence-electron chi connectivity index (χ4n) is 2.73. The van der Waals surface area contributed by atoms with Gasteiger partial charge in [0.1, 0.15) is 18.2 Å². The lowest BCUT2D eigenvalue weighted by Crippen LogP contribution is -2.13. The summed E-state index contributed by atoms with van der Waals surface area (Å²) in [5.41, 5.74) is 2.22. The maximum absolute atomic E-state index is 12.5. The van der Waals surface area contributed by atoms with E-state index in [0.29, 0.717) is 33.8 Å². The van der Waals surface area contributed by atoms with Gasteiger partial charge in [-0.2, -0.15) is 5.26 Å². The lowest BCUT2D eigenvalue weighted by Gasteiger charge is -2.14. The maximum Gasteiger partial charge on any atom is 0.266 e. The molecule has 3 rings (SSSR count). The summed E-state index contributed by atoms with van der Waals surface area (Å²) in [5, 5.41) is 12.2. The second-order valence-corrected chi connectivity index (χ2v) is 8.21. The van der Waals surface area contributed by atoms with Crippen molar-refractivity contribution in [3.05, 3.63) is 92.4 Å². The van der Waals surface area contributed by atoms with Gasteiger partial charge in [-0.05, 0) is 69.5 Å². The Morgan fingerprint density at radius 3 is 2.45 bits per heavy atom. The van der Waals surface area contributed by atoms with Gasteiger partial charge in [0.15, 0.2) is 11.5 Å². The number of hydrogen-bond acceptors (Lipinski definition) is 4. The van der Waals surface area contributed by atoms with Crippen molar-refractivity contribution in [3.8, 4) is 17.6 Å². The topological polar surface area (TPSA) is 71.3 Å². The summed E-state index contributed by atoms with van der Waals surface area (Å²) in [4.78, 5) is 12.5. The predicted octanol–water partition coefficient (Wildman–Crippen LogP) is 6.34. The van der Waals surface area contributed by atoms with Gasteiger partial charge < -0.3 is 14.8 Å². The van der Waals surface area contributed by atoms with Gasteiger partial charge >= 0.3 is 0 Å². The molecule has 3 aromatic rings. The largest absolute Gasteiger partial charge is 0.493 e. The number of carbonyl (C=O) groups excluding carboxylic acids is 1. The molecule has 0 aliphatic carbocycles. The number of ether oxygens (including phenoxy) is 2. The predicted molar refractivity (Wildman–Crippen MR) is 128 cm³/mol. The molecule has 1 N–H and O–H groups in total. The highest BCUT2D eigenvalue weighted by molar-refractivity contribution is 9.10. The van der Waals surface area contributed by atoms with E-state index in [1.54, 1.807) is 36.4 Å². The molecule has 0 aliphatic rings. The standard InChI is InChI=1S/C24H18Br2N2O3/c1-30-22-13-17(11-18(14-27)24(29)28-20-5-3-2-4-6-20)12-21(26)23(22)31-15-16-7-9-19(25)10-8-16/h2-13H,15H2,1H3,(H,28,29)/b18-11-. The van der Waals surface area contributed by atoms with E-state index in [1.807, 2.05) is 36.4 Å². The number of benzene rings is 3. The molecule has 31 heavy (non-hydrogen) atoms. The van der Waals surface area contributed by atoms with E-state index in [1.165, 1.54) is 13.2 Å². The van der Waals surface area contributed by atoms with Gasteiger partial charge in [0, 0.05) is 10.2 Å². The summed E-state index contributed by atoms with van der Waals surface area (Å²) < 4.78 is 13.1. The molecule has 0 saturated carbocycles. The number of halogens is 2. The van der Waals surface area contributed by atoms with E-state index >= 15 is 0 Å². The molecule has 5 nitrogen and oxygen atoms in total. The van der Waals surface area contributed by atoms with E-state index in [-0.39, 0.29) is 5.57 Å². The minimum Gasteiger partial charge on any atom is -0.493 e. The Labute approximate surface area is 197 Å². The normalized spacial score (nSPS) is 10.8. The summed E-state index contributed by atoms with van der Waals surface area (Å²) in [5.74, 6) is 0.535. The fourth-order valence-corrected chi connectivity index (χ4v) is 3.57. The van der Waals surface area contributed by atoms with Crippen LogP contribution < -0.4 is 14.8 Å². The number of hydrogen-bond donors (Lipinski definition) is 1. The Hall–Kier alpha value is -3.08. The SMILES string of the molecule is COc1cc(/C=C(/C#N)C(=O)Nc2ccccc2)cc(Br)c1OCc1ccc(Br)cc1. The molecule has 3 aromatic carbocycles. The third-order valence-electron chi connectivity index (χ3n) is 4.26. The Balaban J connectivity index is 1.81. The Morgan fingerprint density at radius 1 is 1.10 bits per heavy atom. The molecule has 0 atom stereocenters. The number of anilines is 1. The molecule has 0 saturated heterocycles. The summed E-state index contributed by atoms with van der Waals surface area (Å²) in [7, 11) is 1.54. The van der Waals surface area contributed by atoms with Crippen LogP contribution in [-0.2, 0) is 11.4 Å². The molecule has 0 fully saturated rings. The van der Waals surface area contributed by atoms with Crippen molar-refractivity contribution in [1.82, 2.24) is 0 Å². The highest BCUT2D eigenvalue weighted by Gasteiger charge is 2.14. The van der Waals surface area contributed by atoms with Gasteiger partial charge in [0.05, 0.1) is 11.6 Å². The summed E-state index contributed by atoms with van der Waals surface area (Å²) in [6.07, 6.45) is 1.50. The van der Waals surface area contributed by atoms with Crippen LogP contribution in [0, 0.1) is 11.3 Å². The number of amides is 1. The summed E-state index contributed by atoms with van der Waals surface area (Å²) in [6.45, 7) is 0.361. The highest BCUT2D eigenvalue weighted by atomic mass is 79.9. The van der Waals surface area contributed by atoms with E-state index in [9.17, 15) is 10.1 Å². The summed E-state index contributed by atoms with van der Waals surface area (Å²) >= 11 is 6.91. The van der Waals surface area contributed by atoms with Crippen LogP contribution in [0.25, 0.3) is 6.08 Å². The molecule has 0 aromatic heterocycles. The van der Waals surface area contributed by atoms with Gasteiger partial charge in [-0.25, -0.2) is 0 Å². The first-order valence-electron chi connectivity index (χ1n) is 9.23. The van der Waals surface area contributed by atoms with E-state index in [2.05, 4.69) is 37.2 Å².